The van der Waals surface area contributed by atoms with Crippen molar-refractivity contribution in [2.24, 2.45) is 0 Å². The SMILES string of the molecule is CCCCCCC/C=C\C/C=C\CCCCCCCCCCCCCCCC(=O)NC(COP(=O)(O)OCC[N+](C)(C)C)C(O)/C=C/CCCCCCCCCCCCCCCCC. The molecule has 0 radical (unpaired) electrons. The van der Waals surface area contributed by atoms with Crippen LogP contribution >= 0.6 is 7.82 Å². The summed E-state index contributed by atoms with van der Waals surface area (Å²) < 4.78 is 23.7. The summed E-state index contributed by atoms with van der Waals surface area (Å²) in [5.74, 6) is -0.176. The lowest BCUT2D eigenvalue weighted by molar-refractivity contribution is -0.870. The number of nitrogens with one attached hydrogen (secondary N) is 1. The summed E-state index contributed by atoms with van der Waals surface area (Å²) in [4.78, 5) is 23.3. The van der Waals surface area contributed by atoms with Crippen LogP contribution in [-0.2, 0) is 18.4 Å². The van der Waals surface area contributed by atoms with Crippen molar-refractivity contribution in [2.75, 3.05) is 40.9 Å². The van der Waals surface area contributed by atoms with Gasteiger partial charge in [0.1, 0.15) is 13.2 Å². The van der Waals surface area contributed by atoms with Crippen LogP contribution in [0.4, 0.5) is 0 Å². The van der Waals surface area contributed by atoms with E-state index in [4.69, 9.17) is 9.05 Å². The van der Waals surface area contributed by atoms with Crippen molar-refractivity contribution in [1.29, 1.82) is 0 Å². The van der Waals surface area contributed by atoms with E-state index in [2.05, 4.69) is 43.5 Å². The van der Waals surface area contributed by atoms with Crippen LogP contribution in [0.3, 0.4) is 0 Å². The third-order valence-corrected chi connectivity index (χ3v) is 13.3. The largest absolute Gasteiger partial charge is 0.472 e. The standard InChI is InChI=1S/C55H107N2O6P/c1-6-8-10-12-14-16-18-20-22-24-25-26-27-28-29-30-31-33-35-37-39-41-43-45-47-49-55(59)56-53(52-63-64(60,61)62-51-50-57(3,4)5)54(58)48-46-44-42-40-38-36-34-32-23-21-19-17-15-13-11-9-7-2/h18,20,24-25,46,48,53-54,58H,6-17,19,21-23,26-45,47,49-52H2,1-5H3,(H-,56,59,60,61)/p+1/b20-18-,25-24-,48-46+. The molecule has 0 aliphatic heterocycles. The molecule has 0 rings (SSSR count). The van der Waals surface area contributed by atoms with Crippen molar-refractivity contribution in [3.05, 3.63) is 36.5 Å². The summed E-state index contributed by atoms with van der Waals surface area (Å²) in [6.07, 6.45) is 59.4. The number of carbonyl (C=O) groups excluding carboxylic acids is 1. The lowest BCUT2D eigenvalue weighted by Gasteiger charge is -2.25. The molecular formula is C55H108N2O6P+. The zero-order valence-electron chi connectivity index (χ0n) is 43.0. The molecule has 0 aliphatic carbocycles. The van der Waals surface area contributed by atoms with Gasteiger partial charge in [0.05, 0.1) is 39.9 Å². The Hall–Kier alpha value is -1.28. The van der Waals surface area contributed by atoms with E-state index in [1.807, 2.05) is 27.2 Å². The van der Waals surface area contributed by atoms with Crippen LogP contribution < -0.4 is 5.32 Å². The van der Waals surface area contributed by atoms with Gasteiger partial charge in [-0.05, 0) is 51.4 Å². The maximum atomic E-state index is 13.0. The molecule has 0 fully saturated rings. The molecule has 0 aliphatic rings. The minimum Gasteiger partial charge on any atom is -0.387 e. The average molecular weight is 924 g/mol. The Morgan fingerprint density at radius 1 is 0.531 bits per heavy atom. The first-order valence-corrected chi connectivity index (χ1v) is 28.9. The molecule has 9 heteroatoms. The van der Waals surface area contributed by atoms with Crippen molar-refractivity contribution in [3.8, 4) is 0 Å². The number of quaternary nitrogens is 1. The maximum Gasteiger partial charge on any atom is 0.472 e. The van der Waals surface area contributed by atoms with Crippen LogP contribution in [0.1, 0.15) is 258 Å². The number of carbonyl (C=O) groups is 1. The zero-order chi connectivity index (χ0) is 47.1. The molecule has 0 saturated heterocycles. The Balaban J connectivity index is 4.22. The smallest absolute Gasteiger partial charge is 0.387 e. The normalized spacial score (nSPS) is 14.3. The molecule has 3 N–H and O–H groups in total. The minimum atomic E-state index is -4.34. The van der Waals surface area contributed by atoms with Gasteiger partial charge in [-0.1, -0.05) is 237 Å². The predicted molar refractivity (Wildman–Crippen MR) is 277 cm³/mol. The molecule has 0 aromatic carbocycles. The van der Waals surface area contributed by atoms with Crippen LogP contribution in [0, 0.1) is 0 Å². The van der Waals surface area contributed by atoms with Gasteiger partial charge in [0.25, 0.3) is 0 Å². The lowest BCUT2D eigenvalue weighted by atomic mass is 10.0. The Morgan fingerprint density at radius 3 is 1.28 bits per heavy atom. The predicted octanol–water partition coefficient (Wildman–Crippen LogP) is 16.2. The van der Waals surface area contributed by atoms with E-state index in [1.165, 1.54) is 193 Å². The number of unbranched alkanes of at least 4 members (excludes halogenated alkanes) is 33. The monoisotopic (exact) mass is 924 g/mol. The number of hydrogen-bond donors (Lipinski definition) is 3. The van der Waals surface area contributed by atoms with Gasteiger partial charge in [-0.15, -0.1) is 0 Å². The van der Waals surface area contributed by atoms with Gasteiger partial charge in [0.2, 0.25) is 5.91 Å². The molecule has 0 spiro atoms. The summed E-state index contributed by atoms with van der Waals surface area (Å²) in [5.41, 5.74) is 0. The van der Waals surface area contributed by atoms with Gasteiger partial charge < -0.3 is 19.8 Å². The second-order valence-electron chi connectivity index (χ2n) is 20.0. The molecule has 378 valence electrons. The van der Waals surface area contributed by atoms with Gasteiger partial charge in [0.15, 0.2) is 0 Å². The molecular weight excluding hydrogens is 816 g/mol. The van der Waals surface area contributed by atoms with Crippen LogP contribution in [0.5, 0.6) is 0 Å². The fourth-order valence-corrected chi connectivity index (χ4v) is 8.75. The molecule has 3 unspecified atom stereocenters. The van der Waals surface area contributed by atoms with Gasteiger partial charge in [-0.2, -0.15) is 0 Å². The first-order valence-electron chi connectivity index (χ1n) is 27.4. The second-order valence-corrected chi connectivity index (χ2v) is 21.4. The van der Waals surface area contributed by atoms with Crippen LogP contribution in [0.2, 0.25) is 0 Å². The van der Waals surface area contributed by atoms with Gasteiger partial charge in [-0.3, -0.25) is 13.8 Å². The molecule has 1 amide bonds. The molecule has 0 aromatic rings. The number of amides is 1. The topological polar surface area (TPSA) is 105 Å². The molecule has 0 aromatic heterocycles. The van der Waals surface area contributed by atoms with Crippen LogP contribution in [0.25, 0.3) is 0 Å². The molecule has 8 nitrogen and oxygen atoms in total. The first-order chi connectivity index (χ1) is 31.0. The van der Waals surface area contributed by atoms with Gasteiger partial charge in [0, 0.05) is 6.42 Å². The Labute approximate surface area is 397 Å². The number of phosphoric acid groups is 1. The summed E-state index contributed by atoms with van der Waals surface area (Å²) >= 11 is 0. The third kappa shape index (κ3) is 48.6. The van der Waals surface area contributed by atoms with E-state index in [9.17, 15) is 19.4 Å². The van der Waals surface area contributed by atoms with Crippen LogP contribution in [-0.4, -0.2) is 73.4 Å². The average Bonchev–Trinajstić information content (AvgIpc) is 3.25. The van der Waals surface area contributed by atoms with E-state index in [-0.39, 0.29) is 19.1 Å². The highest BCUT2D eigenvalue weighted by Crippen LogP contribution is 2.43. The van der Waals surface area contributed by atoms with E-state index in [0.717, 1.165) is 44.9 Å². The minimum absolute atomic E-state index is 0.0621. The highest BCUT2D eigenvalue weighted by molar-refractivity contribution is 7.47. The van der Waals surface area contributed by atoms with Gasteiger partial charge in [-0.25, -0.2) is 4.57 Å². The van der Waals surface area contributed by atoms with E-state index in [1.54, 1.807) is 6.08 Å². The highest BCUT2D eigenvalue weighted by atomic mass is 31.2. The quantitative estimate of drug-likeness (QED) is 0.0243. The Kier molecular flexibility index (Phi) is 45.9. The Bertz CT molecular complexity index is 1140. The zero-order valence-corrected chi connectivity index (χ0v) is 43.9. The molecule has 64 heavy (non-hydrogen) atoms. The van der Waals surface area contributed by atoms with Crippen LogP contribution in [0.15, 0.2) is 36.5 Å². The molecule has 0 bridgehead atoms. The van der Waals surface area contributed by atoms with Crippen molar-refractivity contribution < 1.29 is 32.9 Å². The fraction of sp³-hybridized carbons (Fsp3) is 0.873. The number of aliphatic hydroxyl groups is 1. The van der Waals surface area contributed by atoms with E-state index < -0.39 is 20.0 Å². The summed E-state index contributed by atoms with van der Waals surface area (Å²) in [6.45, 7) is 4.83. The molecule has 3 atom stereocenters. The van der Waals surface area contributed by atoms with Crippen molar-refractivity contribution >= 4 is 13.7 Å². The summed E-state index contributed by atoms with van der Waals surface area (Å²) in [7, 11) is 1.58. The summed E-state index contributed by atoms with van der Waals surface area (Å²) in [5, 5.41) is 13.9. The number of rotatable bonds is 50. The number of likely N-dealkylation sites (N-methyl/N-ethyl adjacent to an activating group) is 1. The highest BCUT2D eigenvalue weighted by Gasteiger charge is 2.27. The molecule has 0 saturated carbocycles. The fourth-order valence-electron chi connectivity index (χ4n) is 8.01. The van der Waals surface area contributed by atoms with Crippen molar-refractivity contribution in [1.82, 2.24) is 5.32 Å². The third-order valence-electron chi connectivity index (χ3n) is 12.4. The van der Waals surface area contributed by atoms with Crippen molar-refractivity contribution in [2.45, 2.75) is 270 Å². The lowest BCUT2D eigenvalue weighted by Crippen LogP contribution is -2.45. The van der Waals surface area contributed by atoms with E-state index >= 15 is 0 Å². The number of aliphatic hydroxyl groups excluding tert-OH is 1. The second kappa shape index (κ2) is 46.8. The number of hydrogen-bond acceptors (Lipinski definition) is 5. The number of allylic oxidation sites excluding steroid dienone is 5. The van der Waals surface area contributed by atoms with Crippen molar-refractivity contribution in [3.63, 3.8) is 0 Å². The number of nitrogens with zero attached hydrogens (tertiary/aromatic N) is 1. The summed E-state index contributed by atoms with van der Waals surface area (Å²) in [6, 6.07) is -0.846. The van der Waals surface area contributed by atoms with E-state index in [0.29, 0.717) is 17.4 Å². The van der Waals surface area contributed by atoms with Gasteiger partial charge >= 0.3 is 7.82 Å². The first kappa shape index (κ1) is 62.7. The molecule has 0 heterocycles. The number of phosphoric ester groups is 1. The maximum absolute atomic E-state index is 13.0. The Morgan fingerprint density at radius 2 is 0.891 bits per heavy atom.